The van der Waals surface area contributed by atoms with Crippen molar-refractivity contribution in [3.05, 3.63) is 0 Å². The third-order valence-electron chi connectivity index (χ3n) is 0. The van der Waals surface area contributed by atoms with Crippen LogP contribution in [0.3, 0.4) is 0 Å². The van der Waals surface area contributed by atoms with Crippen molar-refractivity contribution in [2.45, 2.75) is 0 Å². The molecule has 0 aromatic carbocycles. The first-order valence-electron chi connectivity index (χ1n) is 1.15. The zero-order chi connectivity index (χ0) is 6.28. The summed E-state index contributed by atoms with van der Waals surface area (Å²) in [6, 6.07) is 1.25. The minimum atomic E-state index is -0.229. The SMILES string of the molecule is N=C=N.[I][Al]([I])[I]. The molecule has 0 aromatic heterocycles. The average Bonchev–Trinajstić information content (AvgIpc) is 1.33. The average molecular weight is 450 g/mol. The Balaban J connectivity index is 0. The molecule has 0 aromatic rings. The van der Waals surface area contributed by atoms with Crippen LogP contribution in [-0.2, 0) is 0 Å². The van der Waals surface area contributed by atoms with Crippen molar-refractivity contribution in [1.29, 1.82) is 10.8 Å². The number of nitrogens with one attached hydrogen (secondary N) is 2. The molecule has 7 heavy (non-hydrogen) atoms. The zero-order valence-corrected chi connectivity index (χ0v) is 10.8. The summed E-state index contributed by atoms with van der Waals surface area (Å²) in [6.45, 7) is 0. The predicted molar refractivity (Wildman–Crippen MR) is 58.3 cm³/mol. The Morgan fingerprint density at radius 3 is 1.14 bits per heavy atom. The van der Waals surface area contributed by atoms with Crippen LogP contribution in [0.1, 0.15) is 0 Å². The van der Waals surface area contributed by atoms with E-state index >= 15 is 0 Å². The minimum Gasteiger partial charge on any atom is -0.242 e. The molecular weight excluding hydrogens is 448 g/mol. The maximum Gasteiger partial charge on any atom is 0.524 e. The highest BCUT2D eigenvalue weighted by atomic mass is 127. The second-order valence-electron chi connectivity index (χ2n) is 0.372. The molecule has 0 saturated carbocycles. The van der Waals surface area contributed by atoms with Gasteiger partial charge in [0.2, 0.25) is 0 Å². The van der Waals surface area contributed by atoms with Gasteiger partial charge in [-0.15, -0.1) is 0 Å². The molecule has 0 unspecified atom stereocenters. The van der Waals surface area contributed by atoms with E-state index in [4.69, 9.17) is 10.8 Å². The van der Waals surface area contributed by atoms with Gasteiger partial charge in [-0.1, -0.05) is 0 Å². The maximum atomic E-state index is 5.62. The zero-order valence-electron chi connectivity index (χ0n) is 3.21. The van der Waals surface area contributed by atoms with E-state index in [0.29, 0.717) is 0 Å². The first-order chi connectivity index (χ1) is 3.15. The number of hydrogen-bond donors (Lipinski definition) is 2. The Labute approximate surface area is 80.2 Å². The number of hydrogen-bond acceptors (Lipinski definition) is 2. The number of halogens is 3. The Hall–Kier alpha value is 2.10. The van der Waals surface area contributed by atoms with Crippen molar-refractivity contribution < 1.29 is 0 Å². The van der Waals surface area contributed by atoms with Gasteiger partial charge in [-0.05, 0) is 0 Å². The van der Waals surface area contributed by atoms with Crippen LogP contribution in [0, 0.1) is 10.8 Å². The van der Waals surface area contributed by atoms with Crippen LogP contribution in [0.25, 0.3) is 0 Å². The molecule has 0 aliphatic rings. The highest BCUT2D eigenvalue weighted by molar-refractivity contribution is 14.4. The van der Waals surface area contributed by atoms with Crippen LogP contribution >= 0.6 is 60.8 Å². The van der Waals surface area contributed by atoms with E-state index in [-0.39, 0.29) is 4.30 Å². The summed E-state index contributed by atoms with van der Waals surface area (Å²) in [5, 5.41) is 11.2. The van der Waals surface area contributed by atoms with Crippen molar-refractivity contribution in [1.82, 2.24) is 0 Å². The van der Waals surface area contributed by atoms with Crippen molar-refractivity contribution in [2.24, 2.45) is 0 Å². The second kappa shape index (κ2) is 11.0. The normalized spacial score (nSPS) is 5.00. The minimum absolute atomic E-state index is 0.229. The summed E-state index contributed by atoms with van der Waals surface area (Å²) in [6.07, 6.45) is 0. The van der Waals surface area contributed by atoms with Gasteiger partial charge in [0.05, 0.1) is 6.01 Å². The van der Waals surface area contributed by atoms with E-state index in [9.17, 15) is 0 Å². The lowest BCUT2D eigenvalue weighted by Gasteiger charge is -1.59. The monoisotopic (exact) mass is 450 g/mol. The molecule has 0 radical (unpaired) electrons. The third kappa shape index (κ3) is 68.3. The molecule has 2 N–H and O–H groups in total. The molecule has 0 aliphatic heterocycles. The summed E-state index contributed by atoms with van der Waals surface area (Å²) >= 11 is 7.37. The fourth-order valence-electron chi connectivity index (χ4n) is 0. The summed E-state index contributed by atoms with van der Waals surface area (Å²) in [5.41, 5.74) is 0. The summed E-state index contributed by atoms with van der Waals surface area (Å²) < 4.78 is -0.229. The summed E-state index contributed by atoms with van der Waals surface area (Å²) in [7, 11) is 0. The Morgan fingerprint density at radius 2 is 1.14 bits per heavy atom. The van der Waals surface area contributed by atoms with Crippen molar-refractivity contribution in [3.63, 3.8) is 0 Å². The van der Waals surface area contributed by atoms with E-state index in [1.807, 2.05) is 0 Å². The van der Waals surface area contributed by atoms with E-state index in [1.54, 1.807) is 0 Å². The lowest BCUT2D eigenvalue weighted by molar-refractivity contribution is 1.47. The van der Waals surface area contributed by atoms with Gasteiger partial charge in [0.1, 0.15) is 0 Å². The topological polar surface area (TPSA) is 47.7 Å². The van der Waals surface area contributed by atoms with Gasteiger partial charge in [0, 0.05) is 0 Å². The van der Waals surface area contributed by atoms with Gasteiger partial charge < -0.3 is 0 Å². The van der Waals surface area contributed by atoms with Crippen LogP contribution < -0.4 is 0 Å². The quantitative estimate of drug-likeness (QED) is 0.324. The third-order valence-corrected chi connectivity index (χ3v) is 0. The van der Waals surface area contributed by atoms with E-state index < -0.39 is 0 Å². The lowest BCUT2D eigenvalue weighted by Crippen LogP contribution is -1.59. The first kappa shape index (κ1) is 11.8. The second-order valence-corrected chi connectivity index (χ2v) is 33.5. The van der Waals surface area contributed by atoms with E-state index in [1.165, 1.54) is 6.01 Å². The molecule has 0 rings (SSSR count). The molecule has 0 atom stereocenters. The summed E-state index contributed by atoms with van der Waals surface area (Å²) in [5.74, 6) is 0. The standard InChI is InChI=1S/CH2N2.Al.3HI/c2-1-3;;;;/h2-3H;;3*1H/q;+3;;;/p-3. The van der Waals surface area contributed by atoms with E-state index in [0.717, 1.165) is 0 Å². The van der Waals surface area contributed by atoms with Crippen molar-refractivity contribution >= 4 is 71.1 Å². The smallest absolute Gasteiger partial charge is 0.242 e. The molecular formula is CH2AlI3N2. The van der Waals surface area contributed by atoms with Crippen molar-refractivity contribution in [2.75, 3.05) is 0 Å². The molecule has 6 heteroatoms. The Morgan fingerprint density at radius 1 is 1.14 bits per heavy atom. The molecule has 0 bridgehead atoms. The fourth-order valence-corrected chi connectivity index (χ4v) is 0. The van der Waals surface area contributed by atoms with Gasteiger partial charge in [0.25, 0.3) is 0 Å². The Bertz CT molecular complexity index is 55.2. The van der Waals surface area contributed by atoms with Gasteiger partial charge in [-0.25, -0.2) is 10.8 Å². The Kier molecular flexibility index (Phi) is 18.6. The van der Waals surface area contributed by atoms with Crippen LogP contribution in [0.5, 0.6) is 0 Å². The fraction of sp³-hybridized carbons (Fsp3) is 0. The lowest BCUT2D eigenvalue weighted by atomic mass is 11.6. The molecule has 0 fully saturated rings. The predicted octanol–water partition coefficient (Wildman–Crippen LogP) is 2.59. The highest BCUT2D eigenvalue weighted by Gasteiger charge is 1.94. The van der Waals surface area contributed by atoms with Crippen LogP contribution in [0.2, 0.25) is 0 Å². The molecule has 0 spiro atoms. The number of rotatable bonds is 0. The van der Waals surface area contributed by atoms with Crippen LogP contribution in [0.4, 0.5) is 0 Å². The van der Waals surface area contributed by atoms with Crippen molar-refractivity contribution in [3.8, 4) is 0 Å². The molecule has 0 heterocycles. The molecule has 40 valence electrons. The van der Waals surface area contributed by atoms with Gasteiger partial charge in [-0.3, -0.25) is 0 Å². The summed E-state index contributed by atoms with van der Waals surface area (Å²) in [4.78, 5) is 0. The first-order valence-corrected chi connectivity index (χ1v) is 13.7. The molecule has 0 amide bonds. The van der Waals surface area contributed by atoms with E-state index in [2.05, 4.69) is 60.8 Å². The van der Waals surface area contributed by atoms with Gasteiger partial charge >= 0.3 is 4.30 Å². The van der Waals surface area contributed by atoms with Crippen LogP contribution in [-0.4, -0.2) is 10.3 Å². The van der Waals surface area contributed by atoms with Gasteiger partial charge in [-0.2, -0.15) is 60.8 Å². The van der Waals surface area contributed by atoms with Gasteiger partial charge in [0.15, 0.2) is 0 Å². The highest BCUT2D eigenvalue weighted by Crippen LogP contribution is 2.10. The van der Waals surface area contributed by atoms with Crippen LogP contribution in [0.15, 0.2) is 0 Å². The molecule has 0 aliphatic carbocycles. The molecule has 2 nitrogen and oxygen atoms in total. The maximum absolute atomic E-state index is 5.62. The molecule has 0 saturated heterocycles. The largest absolute Gasteiger partial charge is 0.524 e.